The van der Waals surface area contributed by atoms with Crippen LogP contribution in [0.3, 0.4) is 0 Å². The van der Waals surface area contributed by atoms with E-state index in [4.69, 9.17) is 21.4 Å². The number of carbonyl (C=O) groups excluding carboxylic acids is 1. The summed E-state index contributed by atoms with van der Waals surface area (Å²) in [5, 5.41) is 11.7. The monoisotopic (exact) mass is 281 g/mol. The molecule has 0 spiro atoms. The van der Waals surface area contributed by atoms with Gasteiger partial charge in [0.2, 0.25) is 0 Å². The lowest BCUT2D eigenvalue weighted by Gasteiger charge is -2.18. The summed E-state index contributed by atoms with van der Waals surface area (Å²) in [6.07, 6.45) is 1.65. The molecular formula is C13H12ClNO4. The number of ether oxygens (including phenoxy) is 1. The van der Waals surface area contributed by atoms with E-state index >= 15 is 0 Å². The van der Waals surface area contributed by atoms with Crippen LogP contribution >= 0.6 is 11.6 Å². The molecule has 1 aliphatic rings. The molecule has 0 aromatic heterocycles. The first-order valence-corrected chi connectivity index (χ1v) is 6.02. The molecule has 1 amide bonds. The Bertz CT molecular complexity index is 568. The molecule has 100 valence electrons. The van der Waals surface area contributed by atoms with Crippen LogP contribution in [0.5, 0.6) is 5.75 Å². The molecule has 0 bridgehead atoms. The van der Waals surface area contributed by atoms with E-state index in [2.05, 4.69) is 5.32 Å². The van der Waals surface area contributed by atoms with E-state index in [1.807, 2.05) is 0 Å². The molecule has 0 unspecified atom stereocenters. The smallest absolute Gasteiger partial charge is 0.325 e. The number of fused-ring (bicyclic) bond motifs is 1. The van der Waals surface area contributed by atoms with Crippen molar-refractivity contribution < 1.29 is 19.4 Å². The summed E-state index contributed by atoms with van der Waals surface area (Å²) >= 11 is 5.87. The van der Waals surface area contributed by atoms with E-state index < -0.39 is 17.9 Å². The van der Waals surface area contributed by atoms with Gasteiger partial charge in [-0.3, -0.25) is 9.59 Å². The third kappa shape index (κ3) is 3.06. The van der Waals surface area contributed by atoms with Crippen molar-refractivity contribution in [3.63, 3.8) is 0 Å². The lowest BCUT2D eigenvalue weighted by Crippen LogP contribution is -2.40. The Balaban J connectivity index is 2.18. The average Bonchev–Trinajstić information content (AvgIpc) is 2.37. The van der Waals surface area contributed by atoms with E-state index in [-0.39, 0.29) is 6.61 Å². The number of hydrogen-bond acceptors (Lipinski definition) is 3. The zero-order valence-electron chi connectivity index (χ0n) is 10.1. The van der Waals surface area contributed by atoms with Gasteiger partial charge in [0, 0.05) is 10.6 Å². The molecule has 1 heterocycles. The van der Waals surface area contributed by atoms with E-state index in [0.717, 1.165) is 0 Å². The van der Waals surface area contributed by atoms with Crippen molar-refractivity contribution >= 4 is 29.6 Å². The molecule has 0 radical (unpaired) electrons. The van der Waals surface area contributed by atoms with Crippen LogP contribution in [0.15, 0.2) is 23.8 Å². The van der Waals surface area contributed by atoms with Gasteiger partial charge in [-0.1, -0.05) is 11.6 Å². The highest BCUT2D eigenvalue weighted by Crippen LogP contribution is 2.28. The van der Waals surface area contributed by atoms with E-state index in [1.165, 1.54) is 6.92 Å². The summed E-state index contributed by atoms with van der Waals surface area (Å²) in [6.45, 7) is 1.50. The zero-order chi connectivity index (χ0) is 14.0. The fraction of sp³-hybridized carbons (Fsp3) is 0.231. The number of aliphatic carboxylic acids is 1. The summed E-state index contributed by atoms with van der Waals surface area (Å²) in [6, 6.07) is 4.16. The normalized spacial score (nSPS) is 14.7. The number of carboxylic acids is 1. The van der Waals surface area contributed by atoms with Gasteiger partial charge in [-0.2, -0.15) is 0 Å². The minimum absolute atomic E-state index is 0.104. The molecular weight excluding hydrogens is 270 g/mol. The van der Waals surface area contributed by atoms with Crippen molar-refractivity contribution in [1.82, 2.24) is 5.32 Å². The van der Waals surface area contributed by atoms with Crippen molar-refractivity contribution in [2.45, 2.75) is 13.0 Å². The molecule has 1 aliphatic heterocycles. The Morgan fingerprint density at radius 3 is 2.89 bits per heavy atom. The molecule has 2 rings (SSSR count). The Labute approximate surface area is 114 Å². The predicted octanol–water partition coefficient (Wildman–Crippen LogP) is 1.71. The molecule has 2 N–H and O–H groups in total. The number of carbonyl (C=O) groups is 2. The highest BCUT2D eigenvalue weighted by atomic mass is 35.5. The van der Waals surface area contributed by atoms with Gasteiger partial charge in [-0.15, -0.1) is 0 Å². The molecule has 1 aromatic rings. The Morgan fingerprint density at radius 2 is 2.21 bits per heavy atom. The molecule has 0 saturated heterocycles. The van der Waals surface area contributed by atoms with Gasteiger partial charge in [-0.05, 0) is 31.2 Å². The standard InChI is InChI=1S/C13H12ClNO4/c1-7(13(17)18)15-12(16)9-4-8-5-10(14)2-3-11(8)19-6-9/h2-5,7H,6H2,1H3,(H,15,16)(H,17,18)/t7-/m0/s1. The summed E-state index contributed by atoms with van der Waals surface area (Å²) in [5.41, 5.74) is 1.06. The topological polar surface area (TPSA) is 75.6 Å². The number of carboxylic acid groups (broad SMARTS) is 1. The molecule has 19 heavy (non-hydrogen) atoms. The zero-order valence-corrected chi connectivity index (χ0v) is 10.9. The summed E-state index contributed by atoms with van der Waals surface area (Å²) in [4.78, 5) is 22.5. The number of benzene rings is 1. The van der Waals surface area contributed by atoms with Crippen molar-refractivity contribution in [2.75, 3.05) is 6.61 Å². The molecule has 0 aliphatic carbocycles. The predicted molar refractivity (Wildman–Crippen MR) is 70.2 cm³/mol. The third-order valence-electron chi connectivity index (χ3n) is 2.69. The van der Waals surface area contributed by atoms with Crippen LogP contribution in [0, 0.1) is 0 Å². The van der Waals surface area contributed by atoms with Crippen molar-refractivity contribution in [1.29, 1.82) is 0 Å². The van der Waals surface area contributed by atoms with Crippen molar-refractivity contribution in [2.24, 2.45) is 0 Å². The highest BCUT2D eigenvalue weighted by molar-refractivity contribution is 6.30. The Kier molecular flexibility index (Phi) is 3.76. The summed E-state index contributed by atoms with van der Waals surface area (Å²) < 4.78 is 5.42. The van der Waals surface area contributed by atoms with Gasteiger partial charge in [-0.25, -0.2) is 0 Å². The first-order chi connectivity index (χ1) is 8.97. The van der Waals surface area contributed by atoms with Crippen LogP contribution in [-0.4, -0.2) is 29.6 Å². The number of halogens is 1. The molecule has 0 fully saturated rings. The number of amides is 1. The van der Waals surface area contributed by atoms with Crippen LogP contribution in [0.1, 0.15) is 12.5 Å². The summed E-state index contributed by atoms with van der Waals surface area (Å²) in [5.74, 6) is -0.901. The Hall–Kier alpha value is -2.01. The minimum Gasteiger partial charge on any atom is -0.488 e. The second kappa shape index (κ2) is 5.32. The van der Waals surface area contributed by atoms with Crippen molar-refractivity contribution in [3.05, 3.63) is 34.4 Å². The van der Waals surface area contributed by atoms with E-state index in [9.17, 15) is 9.59 Å². The number of rotatable bonds is 3. The largest absolute Gasteiger partial charge is 0.488 e. The molecule has 0 saturated carbocycles. The summed E-state index contributed by atoms with van der Waals surface area (Å²) in [7, 11) is 0. The maximum absolute atomic E-state index is 11.9. The molecule has 1 atom stereocenters. The number of nitrogens with one attached hydrogen (secondary N) is 1. The van der Waals surface area contributed by atoms with Gasteiger partial charge in [0.1, 0.15) is 18.4 Å². The van der Waals surface area contributed by atoms with Gasteiger partial charge in [0.15, 0.2) is 0 Å². The van der Waals surface area contributed by atoms with Crippen LogP contribution in [-0.2, 0) is 9.59 Å². The molecule has 6 heteroatoms. The first kappa shape index (κ1) is 13.4. The third-order valence-corrected chi connectivity index (χ3v) is 2.93. The van der Waals surface area contributed by atoms with Gasteiger partial charge < -0.3 is 15.2 Å². The highest BCUT2D eigenvalue weighted by Gasteiger charge is 2.20. The first-order valence-electron chi connectivity index (χ1n) is 5.64. The Morgan fingerprint density at radius 1 is 1.47 bits per heavy atom. The van der Waals surface area contributed by atoms with Crippen molar-refractivity contribution in [3.8, 4) is 5.75 Å². The fourth-order valence-corrected chi connectivity index (χ4v) is 1.81. The van der Waals surface area contributed by atoms with Gasteiger partial charge >= 0.3 is 5.97 Å². The van der Waals surface area contributed by atoms with Crippen LogP contribution in [0.4, 0.5) is 0 Å². The van der Waals surface area contributed by atoms with Gasteiger partial charge in [0.05, 0.1) is 5.57 Å². The van der Waals surface area contributed by atoms with Crippen LogP contribution < -0.4 is 10.1 Å². The SMILES string of the molecule is C[C@H](NC(=O)C1=Cc2cc(Cl)ccc2OC1)C(=O)O. The lowest BCUT2D eigenvalue weighted by molar-refractivity contribution is -0.140. The fourth-order valence-electron chi connectivity index (χ4n) is 1.63. The van der Waals surface area contributed by atoms with E-state index in [1.54, 1.807) is 24.3 Å². The van der Waals surface area contributed by atoms with Crippen LogP contribution in [0.25, 0.3) is 6.08 Å². The van der Waals surface area contributed by atoms with Crippen LogP contribution in [0.2, 0.25) is 5.02 Å². The second-order valence-corrected chi connectivity index (χ2v) is 4.61. The quantitative estimate of drug-likeness (QED) is 0.884. The minimum atomic E-state index is -1.09. The lowest BCUT2D eigenvalue weighted by atomic mass is 10.1. The maximum Gasteiger partial charge on any atom is 0.325 e. The maximum atomic E-state index is 11.9. The second-order valence-electron chi connectivity index (χ2n) is 4.17. The number of hydrogen-bond donors (Lipinski definition) is 2. The van der Waals surface area contributed by atoms with E-state index in [0.29, 0.717) is 21.9 Å². The molecule has 5 nitrogen and oxygen atoms in total. The molecule has 1 aromatic carbocycles. The average molecular weight is 282 g/mol. The van der Waals surface area contributed by atoms with Gasteiger partial charge in [0.25, 0.3) is 5.91 Å².